The second kappa shape index (κ2) is 11.9. The highest BCUT2D eigenvalue weighted by Gasteiger charge is 2.40. The fraction of sp³-hybridized carbons (Fsp3) is 0.619. The molecule has 1 aromatic carbocycles. The van der Waals surface area contributed by atoms with Crippen molar-refractivity contribution in [3.8, 4) is 0 Å². The zero-order valence-corrected chi connectivity index (χ0v) is 17.0. The van der Waals surface area contributed by atoms with E-state index in [0.717, 1.165) is 18.4 Å². The summed E-state index contributed by atoms with van der Waals surface area (Å²) in [6, 6.07) is 9.30. The summed E-state index contributed by atoms with van der Waals surface area (Å²) < 4.78 is 20.9. The van der Waals surface area contributed by atoms with Crippen molar-refractivity contribution in [2.75, 3.05) is 41.0 Å². The maximum Gasteiger partial charge on any atom is 0.233 e. The SMILES string of the molecule is COCOC[C@@H]1CC[C@@H](COCOC)N1C(=O)[C@H](C)C(=O)Cc1ccccc1. The molecule has 1 aliphatic rings. The molecule has 0 aliphatic carbocycles. The molecule has 3 atom stereocenters. The second-order valence-corrected chi connectivity index (χ2v) is 7.04. The van der Waals surface area contributed by atoms with E-state index in [1.807, 2.05) is 30.3 Å². The van der Waals surface area contributed by atoms with Gasteiger partial charge >= 0.3 is 0 Å². The van der Waals surface area contributed by atoms with Crippen LogP contribution < -0.4 is 0 Å². The number of Topliss-reactive ketones (excluding diaryl/α,β-unsaturated/α-hetero) is 1. The van der Waals surface area contributed by atoms with Gasteiger partial charge in [-0.1, -0.05) is 30.3 Å². The molecule has 7 nitrogen and oxygen atoms in total. The first-order chi connectivity index (χ1) is 13.6. The molecule has 0 bridgehead atoms. The normalized spacial score (nSPS) is 20.3. The van der Waals surface area contributed by atoms with Crippen LogP contribution in [0.5, 0.6) is 0 Å². The molecule has 1 saturated heterocycles. The molecule has 0 unspecified atom stereocenters. The molecule has 0 N–H and O–H groups in total. The van der Waals surface area contributed by atoms with E-state index in [1.165, 1.54) is 0 Å². The predicted octanol–water partition coefficient (Wildman–Crippen LogP) is 2.03. The van der Waals surface area contributed by atoms with Crippen molar-refractivity contribution < 1.29 is 28.5 Å². The Kier molecular flexibility index (Phi) is 9.57. The highest BCUT2D eigenvalue weighted by Crippen LogP contribution is 2.27. The smallest absolute Gasteiger partial charge is 0.233 e. The molecule has 1 fully saturated rings. The fourth-order valence-electron chi connectivity index (χ4n) is 3.49. The van der Waals surface area contributed by atoms with Gasteiger partial charge in [0.2, 0.25) is 5.91 Å². The number of carbonyl (C=O) groups is 2. The Balaban J connectivity index is 2.04. The highest BCUT2D eigenvalue weighted by molar-refractivity contribution is 6.02. The summed E-state index contributed by atoms with van der Waals surface area (Å²) >= 11 is 0. The number of carbonyl (C=O) groups excluding carboxylic acids is 2. The average molecular weight is 393 g/mol. The summed E-state index contributed by atoms with van der Waals surface area (Å²) in [4.78, 5) is 27.7. The summed E-state index contributed by atoms with van der Waals surface area (Å²) in [6.45, 7) is 2.78. The van der Waals surface area contributed by atoms with Crippen LogP contribution >= 0.6 is 0 Å². The molecule has 7 heteroatoms. The highest BCUT2D eigenvalue weighted by atomic mass is 16.7. The Hall–Kier alpha value is -1.80. The van der Waals surface area contributed by atoms with Gasteiger partial charge in [0.1, 0.15) is 19.4 Å². The number of hydrogen-bond donors (Lipinski definition) is 0. The number of ketones is 1. The predicted molar refractivity (Wildman–Crippen MR) is 104 cm³/mol. The number of amides is 1. The summed E-state index contributed by atoms with van der Waals surface area (Å²) in [6.07, 6.45) is 1.85. The van der Waals surface area contributed by atoms with E-state index >= 15 is 0 Å². The summed E-state index contributed by atoms with van der Waals surface area (Å²) in [5.41, 5.74) is 0.911. The molecule has 0 radical (unpaired) electrons. The summed E-state index contributed by atoms with van der Waals surface area (Å²) in [7, 11) is 3.12. The van der Waals surface area contributed by atoms with Crippen molar-refractivity contribution in [2.45, 2.75) is 38.3 Å². The third-order valence-electron chi connectivity index (χ3n) is 4.97. The van der Waals surface area contributed by atoms with E-state index in [0.29, 0.717) is 13.2 Å². The first-order valence-electron chi connectivity index (χ1n) is 9.60. The van der Waals surface area contributed by atoms with E-state index in [9.17, 15) is 9.59 Å². The molecule has 1 aromatic rings. The summed E-state index contributed by atoms with van der Waals surface area (Å²) in [5.74, 6) is -0.972. The minimum atomic E-state index is -0.715. The lowest BCUT2D eigenvalue weighted by Gasteiger charge is -2.32. The lowest BCUT2D eigenvalue weighted by Crippen LogP contribution is -2.49. The van der Waals surface area contributed by atoms with Crippen LogP contribution in [0.25, 0.3) is 0 Å². The van der Waals surface area contributed by atoms with Crippen LogP contribution in [0, 0.1) is 5.92 Å². The molecule has 0 aromatic heterocycles. The van der Waals surface area contributed by atoms with Gasteiger partial charge in [-0.2, -0.15) is 0 Å². The number of ether oxygens (including phenoxy) is 4. The van der Waals surface area contributed by atoms with Crippen molar-refractivity contribution in [1.82, 2.24) is 4.90 Å². The third-order valence-corrected chi connectivity index (χ3v) is 4.97. The van der Waals surface area contributed by atoms with Crippen LogP contribution in [-0.4, -0.2) is 69.7 Å². The van der Waals surface area contributed by atoms with Crippen LogP contribution in [0.4, 0.5) is 0 Å². The first kappa shape index (κ1) is 22.5. The van der Waals surface area contributed by atoms with Crippen molar-refractivity contribution in [1.29, 1.82) is 0 Å². The Bertz CT molecular complexity index is 590. The van der Waals surface area contributed by atoms with Crippen LogP contribution in [0.2, 0.25) is 0 Å². The van der Waals surface area contributed by atoms with E-state index in [1.54, 1.807) is 26.0 Å². The van der Waals surface area contributed by atoms with Gasteiger partial charge in [-0.05, 0) is 25.3 Å². The Morgan fingerprint density at radius 1 is 1.00 bits per heavy atom. The second-order valence-electron chi connectivity index (χ2n) is 7.04. The van der Waals surface area contributed by atoms with Crippen LogP contribution in [-0.2, 0) is 35.0 Å². The Morgan fingerprint density at radius 2 is 1.54 bits per heavy atom. The van der Waals surface area contributed by atoms with Gasteiger partial charge in [-0.15, -0.1) is 0 Å². The average Bonchev–Trinajstić information content (AvgIpc) is 3.10. The van der Waals surface area contributed by atoms with Gasteiger partial charge in [-0.25, -0.2) is 0 Å². The van der Waals surface area contributed by atoms with Gasteiger partial charge in [0, 0.05) is 20.6 Å². The Labute approximate surface area is 166 Å². The molecule has 1 aliphatic heterocycles. The molecule has 0 saturated carbocycles. The topological polar surface area (TPSA) is 74.3 Å². The molecule has 1 amide bonds. The lowest BCUT2D eigenvalue weighted by molar-refractivity contribution is -0.147. The fourth-order valence-corrected chi connectivity index (χ4v) is 3.49. The Morgan fingerprint density at radius 3 is 2.04 bits per heavy atom. The molecule has 28 heavy (non-hydrogen) atoms. The van der Waals surface area contributed by atoms with Gasteiger partial charge in [-0.3, -0.25) is 9.59 Å². The van der Waals surface area contributed by atoms with Gasteiger partial charge in [0.05, 0.1) is 31.2 Å². The van der Waals surface area contributed by atoms with Crippen molar-refractivity contribution in [3.05, 3.63) is 35.9 Å². The molecular weight excluding hydrogens is 362 g/mol. The number of rotatable bonds is 12. The molecule has 0 spiro atoms. The number of hydrogen-bond acceptors (Lipinski definition) is 6. The van der Waals surface area contributed by atoms with Crippen LogP contribution in [0.3, 0.4) is 0 Å². The molecule has 1 heterocycles. The summed E-state index contributed by atoms with van der Waals surface area (Å²) in [5, 5.41) is 0. The maximum absolute atomic E-state index is 13.2. The first-order valence-corrected chi connectivity index (χ1v) is 9.60. The monoisotopic (exact) mass is 393 g/mol. The van der Waals surface area contributed by atoms with Crippen molar-refractivity contribution in [3.63, 3.8) is 0 Å². The minimum absolute atomic E-state index is 0.0868. The number of nitrogens with zero attached hydrogens (tertiary/aromatic N) is 1. The quantitative estimate of drug-likeness (QED) is 0.307. The number of methoxy groups -OCH3 is 2. The standard InChI is InChI=1S/C21H31NO6/c1-16(20(23)11-17-7-5-4-6-8-17)21(24)22-18(12-27-14-25-2)9-10-19(22)13-28-15-26-3/h4-8,16,18-19H,9-15H2,1-3H3/t16-,18+,19+/m1/s1. The third kappa shape index (κ3) is 6.38. The van der Waals surface area contributed by atoms with Gasteiger partial charge in [0.15, 0.2) is 0 Å². The number of likely N-dealkylation sites (tertiary alicyclic amines) is 1. The molecule has 156 valence electrons. The molecular formula is C21H31NO6. The molecule has 2 rings (SSSR count). The van der Waals surface area contributed by atoms with Crippen LogP contribution in [0.1, 0.15) is 25.3 Å². The zero-order chi connectivity index (χ0) is 20.4. The maximum atomic E-state index is 13.2. The minimum Gasteiger partial charge on any atom is -0.359 e. The van der Waals surface area contributed by atoms with Crippen LogP contribution in [0.15, 0.2) is 30.3 Å². The zero-order valence-electron chi connectivity index (χ0n) is 17.0. The van der Waals surface area contributed by atoms with E-state index < -0.39 is 5.92 Å². The van der Waals surface area contributed by atoms with Gasteiger partial charge < -0.3 is 23.8 Å². The van der Waals surface area contributed by atoms with Gasteiger partial charge in [0.25, 0.3) is 0 Å². The van der Waals surface area contributed by atoms with E-state index in [-0.39, 0.29) is 43.8 Å². The van der Waals surface area contributed by atoms with E-state index in [4.69, 9.17) is 18.9 Å². The van der Waals surface area contributed by atoms with E-state index in [2.05, 4.69) is 0 Å². The van der Waals surface area contributed by atoms with Crippen molar-refractivity contribution >= 4 is 11.7 Å². The number of benzene rings is 1. The largest absolute Gasteiger partial charge is 0.359 e. The lowest BCUT2D eigenvalue weighted by atomic mass is 9.97. The van der Waals surface area contributed by atoms with Crippen molar-refractivity contribution in [2.24, 2.45) is 5.92 Å².